The second-order valence-corrected chi connectivity index (χ2v) is 6.99. The molecular weight excluding hydrogens is 398 g/mol. The third kappa shape index (κ3) is 3.88. The minimum Gasteiger partial charge on any atom is -0.304 e. The van der Waals surface area contributed by atoms with Crippen LogP contribution in [0.5, 0.6) is 0 Å². The van der Waals surface area contributed by atoms with Gasteiger partial charge in [-0.3, -0.25) is 4.57 Å². The molecule has 0 fully saturated rings. The standard InChI is InChI=1S/C12H13BrF5O3P/c1-3-20-22(19,21-4-2)12(17,18)9-7-8(11(14,15)16)5-6-10(9)13/h5-7H,3-4H2,1-2H3. The van der Waals surface area contributed by atoms with E-state index in [4.69, 9.17) is 0 Å². The number of hydrogen-bond acceptors (Lipinski definition) is 3. The summed E-state index contributed by atoms with van der Waals surface area (Å²) < 4.78 is 88.1. The van der Waals surface area contributed by atoms with Crippen LogP contribution in [0.1, 0.15) is 25.0 Å². The van der Waals surface area contributed by atoms with Crippen molar-refractivity contribution in [1.82, 2.24) is 0 Å². The van der Waals surface area contributed by atoms with Gasteiger partial charge in [0, 0.05) is 10.0 Å². The van der Waals surface area contributed by atoms with Gasteiger partial charge in [-0.25, -0.2) is 0 Å². The van der Waals surface area contributed by atoms with Crippen LogP contribution in [0.2, 0.25) is 0 Å². The summed E-state index contributed by atoms with van der Waals surface area (Å²) in [5.74, 6) is 0. The first-order chi connectivity index (χ1) is 9.99. The molecule has 0 aliphatic heterocycles. The van der Waals surface area contributed by atoms with Crippen molar-refractivity contribution in [1.29, 1.82) is 0 Å². The molecule has 0 atom stereocenters. The van der Waals surface area contributed by atoms with E-state index >= 15 is 0 Å². The Bertz CT molecular complexity index is 566. The first-order valence-corrected chi connectivity index (χ1v) is 8.47. The van der Waals surface area contributed by atoms with E-state index in [-0.39, 0.29) is 23.8 Å². The average molecular weight is 411 g/mol. The van der Waals surface area contributed by atoms with E-state index < -0.39 is 30.6 Å². The lowest BCUT2D eigenvalue weighted by atomic mass is 10.1. The minimum absolute atomic E-state index is 0.231. The lowest BCUT2D eigenvalue weighted by molar-refractivity contribution is -0.137. The molecule has 0 heterocycles. The monoisotopic (exact) mass is 410 g/mol. The molecule has 0 spiro atoms. The molecule has 0 aliphatic rings. The number of rotatable bonds is 6. The lowest BCUT2D eigenvalue weighted by Gasteiger charge is -2.27. The van der Waals surface area contributed by atoms with Crippen molar-refractivity contribution in [3.63, 3.8) is 0 Å². The molecule has 1 aromatic rings. The molecule has 0 saturated carbocycles. The van der Waals surface area contributed by atoms with Gasteiger partial charge in [-0.1, -0.05) is 15.9 Å². The van der Waals surface area contributed by atoms with Crippen molar-refractivity contribution < 1.29 is 35.6 Å². The summed E-state index contributed by atoms with van der Waals surface area (Å²) in [6, 6.07) is 1.68. The summed E-state index contributed by atoms with van der Waals surface area (Å²) in [4.78, 5) is 0. The van der Waals surface area contributed by atoms with Crippen LogP contribution in [-0.4, -0.2) is 13.2 Å². The number of benzene rings is 1. The maximum absolute atomic E-state index is 14.5. The summed E-state index contributed by atoms with van der Waals surface area (Å²) in [5.41, 5.74) is -6.63. The van der Waals surface area contributed by atoms with Gasteiger partial charge in [-0.05, 0) is 32.0 Å². The van der Waals surface area contributed by atoms with Gasteiger partial charge in [0.05, 0.1) is 18.8 Å². The number of alkyl halides is 5. The van der Waals surface area contributed by atoms with E-state index in [1.165, 1.54) is 13.8 Å². The SMILES string of the molecule is CCOP(=O)(OCC)C(F)(F)c1cc(C(F)(F)F)ccc1Br. The van der Waals surface area contributed by atoms with Crippen molar-refractivity contribution >= 4 is 23.5 Å². The average Bonchev–Trinajstić information content (AvgIpc) is 2.38. The fourth-order valence-electron chi connectivity index (χ4n) is 1.62. The molecule has 0 radical (unpaired) electrons. The van der Waals surface area contributed by atoms with Gasteiger partial charge in [0.2, 0.25) is 0 Å². The molecule has 10 heteroatoms. The highest BCUT2D eigenvalue weighted by atomic mass is 79.9. The summed E-state index contributed by atoms with van der Waals surface area (Å²) in [6.07, 6.45) is -4.81. The van der Waals surface area contributed by atoms with Crippen LogP contribution in [-0.2, 0) is 25.5 Å². The van der Waals surface area contributed by atoms with Gasteiger partial charge in [0.1, 0.15) is 0 Å². The van der Waals surface area contributed by atoms with Gasteiger partial charge < -0.3 is 9.05 Å². The van der Waals surface area contributed by atoms with Crippen molar-refractivity contribution in [3.8, 4) is 0 Å². The molecule has 0 amide bonds. The lowest BCUT2D eigenvalue weighted by Crippen LogP contribution is -2.20. The Hall–Kier alpha value is -0.500. The molecule has 22 heavy (non-hydrogen) atoms. The van der Waals surface area contributed by atoms with Crippen LogP contribution in [0.25, 0.3) is 0 Å². The van der Waals surface area contributed by atoms with Crippen LogP contribution < -0.4 is 0 Å². The van der Waals surface area contributed by atoms with Crippen LogP contribution in [0.15, 0.2) is 22.7 Å². The van der Waals surface area contributed by atoms with Crippen LogP contribution in [0.4, 0.5) is 22.0 Å². The Morgan fingerprint density at radius 3 is 2.00 bits per heavy atom. The molecule has 126 valence electrons. The molecule has 0 unspecified atom stereocenters. The normalized spacial score (nSPS) is 13.5. The zero-order valence-electron chi connectivity index (χ0n) is 11.6. The molecular formula is C12H13BrF5O3P. The van der Waals surface area contributed by atoms with E-state index in [0.717, 1.165) is 6.07 Å². The largest absolute Gasteiger partial charge is 0.416 e. The van der Waals surface area contributed by atoms with Crippen molar-refractivity contribution in [3.05, 3.63) is 33.8 Å². The highest BCUT2D eigenvalue weighted by Crippen LogP contribution is 2.67. The molecule has 3 nitrogen and oxygen atoms in total. The summed E-state index contributed by atoms with van der Waals surface area (Å²) in [7, 11) is -4.97. The second-order valence-electron chi connectivity index (χ2n) is 4.07. The maximum atomic E-state index is 14.5. The highest BCUT2D eigenvalue weighted by molar-refractivity contribution is 9.10. The number of hydrogen-bond donors (Lipinski definition) is 0. The molecule has 0 bridgehead atoms. The Morgan fingerprint density at radius 1 is 1.09 bits per heavy atom. The molecule has 0 saturated heterocycles. The highest BCUT2D eigenvalue weighted by Gasteiger charge is 2.56. The van der Waals surface area contributed by atoms with Gasteiger partial charge in [-0.2, -0.15) is 22.0 Å². The second kappa shape index (κ2) is 6.95. The Balaban J connectivity index is 3.46. The Labute approximate surface area is 132 Å². The Morgan fingerprint density at radius 2 is 1.59 bits per heavy atom. The molecule has 1 aromatic carbocycles. The zero-order chi connectivity index (χ0) is 17.2. The molecule has 0 aliphatic carbocycles. The topological polar surface area (TPSA) is 35.5 Å². The molecule has 1 rings (SSSR count). The van der Waals surface area contributed by atoms with Crippen LogP contribution in [0.3, 0.4) is 0 Å². The maximum Gasteiger partial charge on any atom is 0.416 e. The van der Waals surface area contributed by atoms with Gasteiger partial charge in [0.15, 0.2) is 0 Å². The first-order valence-electron chi connectivity index (χ1n) is 6.13. The van der Waals surface area contributed by atoms with Gasteiger partial charge in [-0.15, -0.1) is 0 Å². The summed E-state index contributed by atoms with van der Waals surface area (Å²) >= 11 is 2.75. The zero-order valence-corrected chi connectivity index (χ0v) is 14.1. The molecule has 0 N–H and O–H groups in total. The molecule has 0 aromatic heterocycles. The predicted octanol–water partition coefficient (Wildman–Crippen LogP) is 5.78. The van der Waals surface area contributed by atoms with Gasteiger partial charge >= 0.3 is 19.4 Å². The van der Waals surface area contributed by atoms with Crippen molar-refractivity contribution in [2.24, 2.45) is 0 Å². The van der Waals surface area contributed by atoms with Crippen molar-refractivity contribution in [2.75, 3.05) is 13.2 Å². The predicted molar refractivity (Wildman–Crippen MR) is 73.9 cm³/mol. The van der Waals surface area contributed by atoms with E-state index in [1.807, 2.05) is 0 Å². The smallest absolute Gasteiger partial charge is 0.304 e. The van der Waals surface area contributed by atoms with E-state index in [0.29, 0.717) is 6.07 Å². The van der Waals surface area contributed by atoms with Crippen LogP contribution >= 0.6 is 23.5 Å². The third-order valence-electron chi connectivity index (χ3n) is 2.56. The quantitative estimate of drug-likeness (QED) is 0.440. The first kappa shape index (κ1) is 19.5. The summed E-state index contributed by atoms with van der Waals surface area (Å²) in [5, 5.41) is 0. The van der Waals surface area contributed by atoms with E-state index in [2.05, 4.69) is 25.0 Å². The Kier molecular flexibility index (Phi) is 6.17. The summed E-state index contributed by atoms with van der Waals surface area (Å²) in [6.45, 7) is 1.96. The van der Waals surface area contributed by atoms with E-state index in [1.54, 1.807) is 0 Å². The minimum atomic E-state index is -4.97. The van der Waals surface area contributed by atoms with Crippen LogP contribution in [0, 0.1) is 0 Å². The van der Waals surface area contributed by atoms with E-state index in [9.17, 15) is 26.5 Å². The number of halogens is 6. The fraction of sp³-hybridized carbons (Fsp3) is 0.500. The third-order valence-corrected chi connectivity index (χ3v) is 5.38. The van der Waals surface area contributed by atoms with Gasteiger partial charge in [0.25, 0.3) is 0 Å². The fourth-order valence-corrected chi connectivity index (χ4v) is 3.83. The van der Waals surface area contributed by atoms with Crippen molar-refractivity contribution in [2.45, 2.75) is 25.7 Å².